The van der Waals surface area contributed by atoms with E-state index in [4.69, 9.17) is 4.42 Å². The van der Waals surface area contributed by atoms with E-state index < -0.39 is 11.6 Å². The van der Waals surface area contributed by atoms with Crippen molar-refractivity contribution in [2.24, 2.45) is 0 Å². The molecular formula is C28H25N9O3. The van der Waals surface area contributed by atoms with Crippen LogP contribution in [0.5, 0.6) is 0 Å². The average Bonchev–Trinajstić information content (AvgIpc) is 3.55. The Bertz CT molecular complexity index is 1670. The highest BCUT2D eigenvalue weighted by Gasteiger charge is 2.37. The summed E-state index contributed by atoms with van der Waals surface area (Å²) in [7, 11) is 0. The van der Waals surface area contributed by atoms with Crippen molar-refractivity contribution in [3.05, 3.63) is 90.1 Å². The number of nitrogens with one attached hydrogen (secondary N) is 3. The lowest BCUT2D eigenvalue weighted by atomic mass is 10.0. The van der Waals surface area contributed by atoms with Crippen LogP contribution < -0.4 is 16.0 Å². The van der Waals surface area contributed by atoms with E-state index in [1.165, 1.54) is 6.20 Å². The number of nitrogens with zero attached hydrogens (tertiary/aromatic N) is 6. The van der Waals surface area contributed by atoms with Gasteiger partial charge in [-0.1, -0.05) is 30.3 Å². The number of pyridine rings is 2. The van der Waals surface area contributed by atoms with Crippen molar-refractivity contribution >= 4 is 23.4 Å². The number of anilines is 3. The number of carbonyl (C=O) groups excluding carboxylic acids is 1. The highest BCUT2D eigenvalue weighted by molar-refractivity contribution is 5.99. The molecule has 0 bridgehead atoms. The third-order valence-corrected chi connectivity index (χ3v) is 6.47. The molecule has 12 heteroatoms. The molecule has 0 spiro atoms. The second kappa shape index (κ2) is 10.2. The van der Waals surface area contributed by atoms with E-state index in [0.29, 0.717) is 39.8 Å². The van der Waals surface area contributed by atoms with E-state index in [2.05, 4.69) is 46.1 Å². The summed E-state index contributed by atoms with van der Waals surface area (Å²) >= 11 is 0. The predicted molar refractivity (Wildman–Crippen MR) is 146 cm³/mol. The maximum atomic E-state index is 12.2. The minimum Gasteiger partial charge on any atom is -0.416 e. The van der Waals surface area contributed by atoms with Crippen molar-refractivity contribution in [3.63, 3.8) is 0 Å². The third-order valence-electron chi connectivity index (χ3n) is 6.47. The fourth-order valence-electron chi connectivity index (χ4n) is 4.47. The molecule has 0 unspecified atom stereocenters. The molecule has 4 aromatic heterocycles. The number of carbonyl (C=O) groups is 1. The average molecular weight is 536 g/mol. The molecule has 1 aromatic carbocycles. The van der Waals surface area contributed by atoms with Gasteiger partial charge < -0.3 is 25.5 Å². The summed E-state index contributed by atoms with van der Waals surface area (Å²) < 4.78 is 5.97. The van der Waals surface area contributed by atoms with Gasteiger partial charge in [0.15, 0.2) is 0 Å². The fourth-order valence-corrected chi connectivity index (χ4v) is 4.47. The molecule has 1 atom stereocenters. The van der Waals surface area contributed by atoms with Gasteiger partial charge in [0, 0.05) is 30.9 Å². The first-order chi connectivity index (χ1) is 19.4. The van der Waals surface area contributed by atoms with Crippen molar-refractivity contribution in [3.8, 4) is 22.9 Å². The molecule has 0 fully saturated rings. The summed E-state index contributed by atoms with van der Waals surface area (Å²) in [6.45, 7) is 3.60. The van der Waals surface area contributed by atoms with Crippen LogP contribution in [0.3, 0.4) is 0 Å². The van der Waals surface area contributed by atoms with Crippen LogP contribution in [0, 0.1) is 0 Å². The number of aliphatic hydroxyl groups is 1. The van der Waals surface area contributed by atoms with Gasteiger partial charge in [0.05, 0.1) is 46.3 Å². The lowest BCUT2D eigenvalue weighted by Crippen LogP contribution is -2.33. The lowest BCUT2D eigenvalue weighted by molar-refractivity contribution is 0.0940. The second-order valence-electron chi connectivity index (χ2n) is 9.72. The van der Waals surface area contributed by atoms with Gasteiger partial charge in [-0.05, 0) is 31.5 Å². The summed E-state index contributed by atoms with van der Waals surface area (Å²) in [5, 5.41) is 28.0. The smallest absolute Gasteiger partial charge is 0.255 e. The van der Waals surface area contributed by atoms with E-state index in [-0.39, 0.29) is 24.4 Å². The number of aromatic nitrogens is 6. The molecule has 1 amide bonds. The van der Waals surface area contributed by atoms with E-state index in [1.807, 2.05) is 50.2 Å². The van der Waals surface area contributed by atoms with Crippen LogP contribution in [0.4, 0.5) is 17.5 Å². The Morgan fingerprint density at radius 2 is 1.80 bits per heavy atom. The lowest BCUT2D eigenvalue weighted by Gasteiger charge is -2.20. The Labute approximate surface area is 229 Å². The van der Waals surface area contributed by atoms with Crippen LogP contribution in [-0.4, -0.2) is 47.8 Å². The largest absolute Gasteiger partial charge is 0.416 e. The summed E-state index contributed by atoms with van der Waals surface area (Å²) in [6, 6.07) is 14.5. The van der Waals surface area contributed by atoms with Gasteiger partial charge in [-0.25, -0.2) is 15.0 Å². The molecule has 4 N–H and O–H groups in total. The number of benzene rings is 1. The Kier molecular flexibility index (Phi) is 6.36. The molecule has 5 heterocycles. The molecule has 0 aliphatic carbocycles. The van der Waals surface area contributed by atoms with Crippen LogP contribution in [-0.2, 0) is 5.54 Å². The number of hydrogen-bond donors (Lipinski definition) is 4. The van der Waals surface area contributed by atoms with Crippen molar-refractivity contribution in [1.82, 2.24) is 35.5 Å². The van der Waals surface area contributed by atoms with Gasteiger partial charge in [0.1, 0.15) is 5.82 Å². The number of hydrogen-bond acceptors (Lipinski definition) is 11. The molecule has 200 valence electrons. The first-order valence-corrected chi connectivity index (χ1v) is 12.5. The van der Waals surface area contributed by atoms with Crippen molar-refractivity contribution in [2.75, 3.05) is 17.2 Å². The SMILES string of the molecule is CC1(C)NC(=O)c2cnc(Nc3cc(N[C@H](CO)c4ccccc4)c(-c4nnc(-c5cccnc5)o4)cn3)nc21. The molecule has 1 aliphatic rings. The van der Waals surface area contributed by atoms with Gasteiger partial charge in [0.2, 0.25) is 11.8 Å². The van der Waals surface area contributed by atoms with E-state index in [0.717, 1.165) is 5.56 Å². The fraction of sp³-hybridized carbons (Fsp3) is 0.179. The van der Waals surface area contributed by atoms with E-state index in [1.54, 1.807) is 30.7 Å². The first kappa shape index (κ1) is 25.1. The summed E-state index contributed by atoms with van der Waals surface area (Å²) in [5.41, 5.74) is 3.12. The molecule has 5 aromatic rings. The molecule has 1 aliphatic heterocycles. The molecule has 40 heavy (non-hydrogen) atoms. The van der Waals surface area contributed by atoms with Crippen LogP contribution >= 0.6 is 0 Å². The summed E-state index contributed by atoms with van der Waals surface area (Å²) in [5.74, 6) is 1.06. The second-order valence-corrected chi connectivity index (χ2v) is 9.72. The highest BCUT2D eigenvalue weighted by atomic mass is 16.4. The van der Waals surface area contributed by atoms with Crippen molar-refractivity contribution in [2.45, 2.75) is 25.4 Å². The maximum absolute atomic E-state index is 12.2. The Morgan fingerprint density at radius 1 is 1.00 bits per heavy atom. The molecule has 0 radical (unpaired) electrons. The predicted octanol–water partition coefficient (Wildman–Crippen LogP) is 3.85. The number of rotatable bonds is 8. The van der Waals surface area contributed by atoms with Crippen molar-refractivity contribution < 1.29 is 14.3 Å². The maximum Gasteiger partial charge on any atom is 0.255 e. The third kappa shape index (κ3) is 4.83. The number of aliphatic hydroxyl groups excluding tert-OH is 1. The van der Waals surface area contributed by atoms with Gasteiger partial charge in [-0.2, -0.15) is 0 Å². The Hall–Kier alpha value is -5.23. The first-order valence-electron chi connectivity index (χ1n) is 12.5. The Morgan fingerprint density at radius 3 is 2.58 bits per heavy atom. The van der Waals surface area contributed by atoms with E-state index >= 15 is 0 Å². The van der Waals surface area contributed by atoms with Crippen molar-refractivity contribution in [1.29, 1.82) is 0 Å². The van der Waals surface area contributed by atoms with Crippen LogP contribution in [0.15, 0.2) is 77.7 Å². The summed E-state index contributed by atoms with van der Waals surface area (Å²) in [4.78, 5) is 29.7. The van der Waals surface area contributed by atoms with Gasteiger partial charge in [0.25, 0.3) is 11.8 Å². The molecular weight excluding hydrogens is 510 g/mol. The molecule has 6 rings (SSSR count). The summed E-state index contributed by atoms with van der Waals surface area (Å²) in [6.07, 6.45) is 6.39. The van der Waals surface area contributed by atoms with Crippen LogP contribution in [0.1, 0.15) is 41.5 Å². The topological polar surface area (TPSA) is 164 Å². The van der Waals surface area contributed by atoms with Gasteiger partial charge >= 0.3 is 0 Å². The van der Waals surface area contributed by atoms with Gasteiger partial charge in [-0.15, -0.1) is 10.2 Å². The van der Waals surface area contributed by atoms with Crippen LogP contribution in [0.2, 0.25) is 0 Å². The Balaban J connectivity index is 1.36. The minimum atomic E-state index is -0.621. The standard InChI is InChI=1S/C28H25N9O3/c1-28(2)23-19(24(39)35-28)14-31-27(34-23)33-22-11-20(32-21(15-38)16-7-4-3-5-8-16)18(13-30-22)26-37-36-25(40-26)17-9-6-10-29-12-17/h3-14,21,38H,15H2,1-2H3,(H,35,39)(H2,30,31,32,33,34)/t21-/m1/s1. The molecule has 0 saturated heterocycles. The normalized spacial score (nSPS) is 14.3. The number of fused-ring (bicyclic) bond motifs is 1. The highest BCUT2D eigenvalue weighted by Crippen LogP contribution is 2.34. The molecule has 12 nitrogen and oxygen atoms in total. The minimum absolute atomic E-state index is 0.163. The monoisotopic (exact) mass is 535 g/mol. The van der Waals surface area contributed by atoms with E-state index in [9.17, 15) is 9.90 Å². The zero-order valence-electron chi connectivity index (χ0n) is 21.7. The quantitative estimate of drug-likeness (QED) is 0.228. The zero-order valence-corrected chi connectivity index (χ0v) is 21.7. The molecule has 0 saturated carbocycles. The zero-order chi connectivity index (χ0) is 27.7. The van der Waals surface area contributed by atoms with Crippen LogP contribution in [0.25, 0.3) is 22.9 Å². The van der Waals surface area contributed by atoms with Gasteiger partial charge in [-0.3, -0.25) is 9.78 Å². The number of amides is 1.